The molecule has 0 radical (unpaired) electrons. The largest absolute Gasteiger partial charge is 0.339 e. The van der Waals surface area contributed by atoms with Gasteiger partial charge in [0.1, 0.15) is 0 Å². The molecule has 2 amide bonds. The average molecular weight is 363 g/mol. The third-order valence-corrected chi connectivity index (χ3v) is 5.55. The maximum atomic E-state index is 13.0. The van der Waals surface area contributed by atoms with Crippen LogP contribution in [0.3, 0.4) is 0 Å². The number of nitrogens with zero attached hydrogens (tertiary/aromatic N) is 2. The van der Waals surface area contributed by atoms with Gasteiger partial charge in [0.2, 0.25) is 11.8 Å². The van der Waals surface area contributed by atoms with Gasteiger partial charge in [0.25, 0.3) is 0 Å². The van der Waals surface area contributed by atoms with E-state index in [0.717, 1.165) is 24.2 Å². The van der Waals surface area contributed by atoms with Crippen LogP contribution in [0.2, 0.25) is 0 Å². The van der Waals surface area contributed by atoms with Gasteiger partial charge in [0.05, 0.1) is 17.3 Å². The van der Waals surface area contributed by atoms with Crippen LogP contribution in [-0.2, 0) is 9.59 Å². The fraction of sp³-hybridized carbons (Fsp3) is 0.364. The SMILES string of the molecule is O=C(NN(c1ccccc1)c1ccccc1)C1CC(=O)N(C2CCCC2)C1. The van der Waals surface area contributed by atoms with Crippen LogP contribution in [0.5, 0.6) is 0 Å². The number of hydrazine groups is 1. The molecular weight excluding hydrogens is 338 g/mol. The van der Waals surface area contributed by atoms with Crippen LogP contribution >= 0.6 is 0 Å². The highest BCUT2D eigenvalue weighted by molar-refractivity contribution is 5.90. The Morgan fingerprint density at radius 2 is 1.48 bits per heavy atom. The number of para-hydroxylation sites is 2. The van der Waals surface area contributed by atoms with Gasteiger partial charge in [-0.15, -0.1) is 0 Å². The predicted molar refractivity (Wildman–Crippen MR) is 105 cm³/mol. The molecule has 27 heavy (non-hydrogen) atoms. The number of amides is 2. The van der Waals surface area contributed by atoms with Gasteiger partial charge in [0, 0.05) is 19.0 Å². The molecule has 140 valence electrons. The van der Waals surface area contributed by atoms with E-state index in [1.807, 2.05) is 65.6 Å². The Hall–Kier alpha value is -2.82. The molecule has 2 fully saturated rings. The zero-order chi connectivity index (χ0) is 18.6. The minimum atomic E-state index is -0.298. The summed E-state index contributed by atoms with van der Waals surface area (Å²) < 4.78 is 0. The van der Waals surface area contributed by atoms with Gasteiger partial charge >= 0.3 is 0 Å². The molecule has 2 aliphatic rings. The van der Waals surface area contributed by atoms with E-state index in [1.165, 1.54) is 12.8 Å². The highest BCUT2D eigenvalue weighted by atomic mass is 16.2. The Kier molecular flexibility index (Phi) is 5.10. The lowest BCUT2D eigenvalue weighted by Crippen LogP contribution is -2.43. The number of likely N-dealkylation sites (tertiary alicyclic amines) is 1. The quantitative estimate of drug-likeness (QED) is 0.825. The molecule has 4 rings (SSSR count). The van der Waals surface area contributed by atoms with E-state index in [9.17, 15) is 9.59 Å². The molecule has 0 bridgehead atoms. The van der Waals surface area contributed by atoms with Crippen LogP contribution in [-0.4, -0.2) is 29.3 Å². The van der Waals surface area contributed by atoms with Crippen LogP contribution in [0.25, 0.3) is 0 Å². The first-order valence-corrected chi connectivity index (χ1v) is 9.72. The van der Waals surface area contributed by atoms with Crippen molar-refractivity contribution >= 4 is 23.2 Å². The second kappa shape index (κ2) is 7.82. The number of benzene rings is 2. The number of carbonyl (C=O) groups excluding carboxylic acids is 2. The fourth-order valence-electron chi connectivity index (χ4n) is 4.11. The number of hydrogen-bond acceptors (Lipinski definition) is 3. The first-order valence-electron chi connectivity index (χ1n) is 9.72. The summed E-state index contributed by atoms with van der Waals surface area (Å²) in [7, 11) is 0. The van der Waals surface area contributed by atoms with Crippen molar-refractivity contribution < 1.29 is 9.59 Å². The summed E-state index contributed by atoms with van der Waals surface area (Å²) in [5.74, 6) is -0.280. The van der Waals surface area contributed by atoms with E-state index in [-0.39, 0.29) is 17.7 Å². The molecular formula is C22H25N3O2. The van der Waals surface area contributed by atoms with Crippen molar-refractivity contribution in [2.45, 2.75) is 38.1 Å². The summed E-state index contributed by atoms with van der Waals surface area (Å²) in [5, 5.41) is 1.80. The molecule has 1 aliphatic carbocycles. The third kappa shape index (κ3) is 3.82. The molecule has 5 heteroatoms. The molecule has 1 N–H and O–H groups in total. The number of nitrogens with one attached hydrogen (secondary N) is 1. The van der Waals surface area contributed by atoms with Crippen molar-refractivity contribution in [3.63, 3.8) is 0 Å². The van der Waals surface area contributed by atoms with Crippen LogP contribution in [0.4, 0.5) is 11.4 Å². The van der Waals surface area contributed by atoms with Gasteiger partial charge < -0.3 is 4.90 Å². The van der Waals surface area contributed by atoms with Crippen molar-refractivity contribution in [3.8, 4) is 0 Å². The fourth-order valence-corrected chi connectivity index (χ4v) is 4.11. The summed E-state index contributed by atoms with van der Waals surface area (Å²) in [5.41, 5.74) is 4.81. The molecule has 5 nitrogen and oxygen atoms in total. The first-order chi connectivity index (χ1) is 13.2. The molecule has 1 aliphatic heterocycles. The molecule has 1 unspecified atom stereocenters. The number of rotatable bonds is 5. The highest BCUT2D eigenvalue weighted by Crippen LogP contribution is 2.30. The highest BCUT2D eigenvalue weighted by Gasteiger charge is 2.39. The Morgan fingerprint density at radius 1 is 0.926 bits per heavy atom. The summed E-state index contributed by atoms with van der Waals surface area (Å²) in [6, 6.07) is 19.8. The molecule has 1 atom stereocenters. The lowest BCUT2D eigenvalue weighted by atomic mass is 10.1. The Labute approximate surface area is 159 Å². The van der Waals surface area contributed by atoms with E-state index in [1.54, 1.807) is 5.01 Å². The monoisotopic (exact) mass is 363 g/mol. The zero-order valence-electron chi connectivity index (χ0n) is 15.4. The summed E-state index contributed by atoms with van der Waals surface area (Å²) >= 11 is 0. The zero-order valence-corrected chi connectivity index (χ0v) is 15.4. The summed E-state index contributed by atoms with van der Waals surface area (Å²) in [6.07, 6.45) is 4.81. The van der Waals surface area contributed by atoms with E-state index in [2.05, 4.69) is 5.43 Å². The smallest absolute Gasteiger partial charge is 0.244 e. The minimum Gasteiger partial charge on any atom is -0.339 e. The lowest BCUT2D eigenvalue weighted by molar-refractivity contribution is -0.130. The molecule has 1 saturated heterocycles. The summed E-state index contributed by atoms with van der Waals surface area (Å²) in [6.45, 7) is 0.534. The number of carbonyl (C=O) groups is 2. The van der Waals surface area contributed by atoms with E-state index in [4.69, 9.17) is 0 Å². The molecule has 2 aromatic rings. The molecule has 0 spiro atoms. The Bertz CT molecular complexity index is 748. The van der Waals surface area contributed by atoms with Crippen LogP contribution < -0.4 is 10.4 Å². The van der Waals surface area contributed by atoms with Crippen LogP contribution in [0.1, 0.15) is 32.1 Å². The van der Waals surface area contributed by atoms with Crippen molar-refractivity contribution in [2.24, 2.45) is 5.92 Å². The molecule has 1 saturated carbocycles. The predicted octanol–water partition coefficient (Wildman–Crippen LogP) is 3.65. The first kappa shape index (κ1) is 17.6. The standard InChI is InChI=1S/C22H25N3O2/c26-21-15-17(16-24(21)18-9-7-8-10-18)22(27)23-25(19-11-3-1-4-12-19)20-13-5-2-6-14-20/h1-6,11-14,17-18H,7-10,15-16H2,(H,23,27). The van der Waals surface area contributed by atoms with Crippen molar-refractivity contribution in [1.82, 2.24) is 10.3 Å². The van der Waals surface area contributed by atoms with Crippen LogP contribution in [0, 0.1) is 5.92 Å². The lowest BCUT2D eigenvalue weighted by Gasteiger charge is -2.27. The molecule has 2 aromatic carbocycles. The van der Waals surface area contributed by atoms with Gasteiger partial charge in [-0.2, -0.15) is 0 Å². The normalized spacial score (nSPS) is 20.1. The van der Waals surface area contributed by atoms with E-state index >= 15 is 0 Å². The van der Waals surface area contributed by atoms with Gasteiger partial charge in [-0.3, -0.25) is 20.0 Å². The number of anilines is 2. The van der Waals surface area contributed by atoms with Crippen molar-refractivity contribution in [3.05, 3.63) is 60.7 Å². The van der Waals surface area contributed by atoms with E-state index < -0.39 is 0 Å². The second-order valence-corrected chi connectivity index (χ2v) is 7.37. The Morgan fingerprint density at radius 3 is 2.04 bits per heavy atom. The summed E-state index contributed by atoms with van der Waals surface area (Å²) in [4.78, 5) is 27.3. The molecule has 0 aromatic heterocycles. The maximum Gasteiger partial charge on any atom is 0.244 e. The topological polar surface area (TPSA) is 52.7 Å². The van der Waals surface area contributed by atoms with Gasteiger partial charge in [-0.1, -0.05) is 49.2 Å². The van der Waals surface area contributed by atoms with Gasteiger partial charge in [-0.05, 0) is 37.1 Å². The van der Waals surface area contributed by atoms with E-state index in [0.29, 0.717) is 19.0 Å². The van der Waals surface area contributed by atoms with Gasteiger partial charge in [0.15, 0.2) is 0 Å². The number of hydrogen-bond donors (Lipinski definition) is 1. The Balaban J connectivity index is 1.50. The maximum absolute atomic E-state index is 13.0. The van der Waals surface area contributed by atoms with Crippen molar-refractivity contribution in [1.29, 1.82) is 0 Å². The second-order valence-electron chi connectivity index (χ2n) is 7.37. The van der Waals surface area contributed by atoms with Gasteiger partial charge in [-0.25, -0.2) is 0 Å². The molecule has 1 heterocycles. The van der Waals surface area contributed by atoms with Crippen molar-refractivity contribution in [2.75, 3.05) is 11.6 Å². The minimum absolute atomic E-state index is 0.100. The van der Waals surface area contributed by atoms with Crippen LogP contribution in [0.15, 0.2) is 60.7 Å². The third-order valence-electron chi connectivity index (χ3n) is 5.55. The average Bonchev–Trinajstić information content (AvgIpc) is 3.37.